The van der Waals surface area contributed by atoms with Crippen molar-refractivity contribution < 1.29 is 4.74 Å². The number of rotatable bonds is 3. The van der Waals surface area contributed by atoms with Gasteiger partial charge in [0.2, 0.25) is 0 Å². The molecule has 1 aliphatic heterocycles. The second-order valence-electron chi connectivity index (χ2n) is 5.06. The first-order valence-corrected chi connectivity index (χ1v) is 6.90. The van der Waals surface area contributed by atoms with Crippen LogP contribution in [0.2, 0.25) is 0 Å². The van der Waals surface area contributed by atoms with Crippen LogP contribution in [0.5, 0.6) is 5.75 Å². The molecule has 3 aromatic rings. The SMILES string of the molecule is COc1ccc2c3c([nH]c2c1)C(Cn1cncn1)=NCC3. The summed E-state index contributed by atoms with van der Waals surface area (Å²) >= 11 is 0. The molecule has 0 saturated carbocycles. The van der Waals surface area contributed by atoms with Crippen LogP contribution in [0.4, 0.5) is 0 Å². The molecule has 1 aliphatic rings. The molecule has 0 spiro atoms. The number of H-pyrrole nitrogens is 1. The van der Waals surface area contributed by atoms with Crippen LogP contribution >= 0.6 is 0 Å². The van der Waals surface area contributed by atoms with E-state index in [0.29, 0.717) is 6.54 Å². The van der Waals surface area contributed by atoms with Crippen molar-refractivity contribution >= 4 is 16.6 Å². The topological polar surface area (TPSA) is 68.1 Å². The number of nitrogens with zero attached hydrogens (tertiary/aromatic N) is 4. The summed E-state index contributed by atoms with van der Waals surface area (Å²) in [6, 6.07) is 6.14. The number of aromatic nitrogens is 4. The zero-order valence-corrected chi connectivity index (χ0v) is 11.7. The third-order valence-corrected chi connectivity index (χ3v) is 3.84. The maximum atomic E-state index is 5.29. The number of hydrogen-bond acceptors (Lipinski definition) is 4. The van der Waals surface area contributed by atoms with E-state index in [0.717, 1.165) is 35.6 Å². The fraction of sp³-hybridized carbons (Fsp3) is 0.267. The highest BCUT2D eigenvalue weighted by Crippen LogP contribution is 2.29. The van der Waals surface area contributed by atoms with Crippen molar-refractivity contribution in [3.63, 3.8) is 0 Å². The molecule has 0 fully saturated rings. The van der Waals surface area contributed by atoms with Gasteiger partial charge in [0.1, 0.15) is 18.4 Å². The molecule has 0 amide bonds. The van der Waals surface area contributed by atoms with Gasteiger partial charge in [-0.1, -0.05) is 0 Å². The van der Waals surface area contributed by atoms with Crippen LogP contribution in [-0.4, -0.2) is 39.1 Å². The fourth-order valence-electron chi connectivity index (χ4n) is 2.85. The average molecular weight is 281 g/mol. The molecule has 1 N–H and O–H groups in total. The lowest BCUT2D eigenvalue weighted by Crippen LogP contribution is -2.18. The summed E-state index contributed by atoms with van der Waals surface area (Å²) in [4.78, 5) is 12.1. The van der Waals surface area contributed by atoms with Crippen molar-refractivity contribution in [1.29, 1.82) is 0 Å². The van der Waals surface area contributed by atoms with E-state index in [9.17, 15) is 0 Å². The van der Waals surface area contributed by atoms with Crippen molar-refractivity contribution in [3.8, 4) is 5.75 Å². The molecule has 4 rings (SSSR count). The molecule has 3 heterocycles. The third-order valence-electron chi connectivity index (χ3n) is 3.84. The maximum Gasteiger partial charge on any atom is 0.137 e. The van der Waals surface area contributed by atoms with Gasteiger partial charge in [-0.25, -0.2) is 9.67 Å². The summed E-state index contributed by atoms with van der Waals surface area (Å²) in [5, 5.41) is 5.40. The Kier molecular flexibility index (Phi) is 2.73. The summed E-state index contributed by atoms with van der Waals surface area (Å²) in [5.74, 6) is 0.857. The number of hydrogen-bond donors (Lipinski definition) is 1. The van der Waals surface area contributed by atoms with Crippen molar-refractivity contribution in [1.82, 2.24) is 19.7 Å². The van der Waals surface area contributed by atoms with E-state index in [4.69, 9.17) is 4.74 Å². The first-order valence-electron chi connectivity index (χ1n) is 6.90. The zero-order valence-electron chi connectivity index (χ0n) is 11.7. The van der Waals surface area contributed by atoms with Crippen molar-refractivity contribution in [2.24, 2.45) is 4.99 Å². The molecular formula is C15H15N5O. The van der Waals surface area contributed by atoms with E-state index in [1.54, 1.807) is 24.4 Å². The van der Waals surface area contributed by atoms with Gasteiger partial charge in [0, 0.05) is 23.5 Å². The minimum atomic E-state index is 0.636. The number of ether oxygens (including phenoxy) is 1. The Morgan fingerprint density at radius 2 is 2.33 bits per heavy atom. The fourth-order valence-corrected chi connectivity index (χ4v) is 2.85. The molecule has 0 aliphatic carbocycles. The molecule has 6 heteroatoms. The zero-order chi connectivity index (χ0) is 14.2. The van der Waals surface area contributed by atoms with Crippen LogP contribution in [0.15, 0.2) is 35.8 Å². The van der Waals surface area contributed by atoms with Gasteiger partial charge in [0.05, 0.1) is 25.1 Å². The number of aliphatic imine (C=N–C) groups is 1. The monoisotopic (exact) mass is 281 g/mol. The Labute approximate surface area is 121 Å². The largest absolute Gasteiger partial charge is 0.497 e. The van der Waals surface area contributed by atoms with Gasteiger partial charge in [-0.3, -0.25) is 4.99 Å². The molecule has 2 aromatic heterocycles. The van der Waals surface area contributed by atoms with Crippen LogP contribution in [0.1, 0.15) is 11.3 Å². The minimum Gasteiger partial charge on any atom is -0.497 e. The van der Waals surface area contributed by atoms with Gasteiger partial charge in [-0.05, 0) is 24.1 Å². The highest BCUT2D eigenvalue weighted by molar-refractivity contribution is 6.06. The van der Waals surface area contributed by atoms with Gasteiger partial charge in [-0.2, -0.15) is 5.10 Å². The van der Waals surface area contributed by atoms with E-state index >= 15 is 0 Å². The van der Waals surface area contributed by atoms with Crippen molar-refractivity contribution in [3.05, 3.63) is 42.1 Å². The van der Waals surface area contributed by atoms with E-state index in [1.165, 1.54) is 10.9 Å². The first kappa shape index (κ1) is 12.1. The molecule has 1 aromatic carbocycles. The minimum absolute atomic E-state index is 0.636. The van der Waals surface area contributed by atoms with Crippen LogP contribution < -0.4 is 4.74 Å². The molecule has 0 atom stereocenters. The van der Waals surface area contributed by atoms with Gasteiger partial charge in [0.25, 0.3) is 0 Å². The second kappa shape index (κ2) is 4.73. The van der Waals surface area contributed by atoms with Gasteiger partial charge in [0.15, 0.2) is 0 Å². The normalized spacial score (nSPS) is 14.0. The van der Waals surface area contributed by atoms with E-state index in [2.05, 4.69) is 26.1 Å². The lowest BCUT2D eigenvalue weighted by molar-refractivity contribution is 0.415. The van der Waals surface area contributed by atoms with Crippen LogP contribution in [-0.2, 0) is 13.0 Å². The molecule has 0 radical (unpaired) electrons. The molecule has 21 heavy (non-hydrogen) atoms. The number of aromatic amines is 1. The Morgan fingerprint density at radius 1 is 1.38 bits per heavy atom. The van der Waals surface area contributed by atoms with Crippen LogP contribution in [0, 0.1) is 0 Å². The van der Waals surface area contributed by atoms with Crippen molar-refractivity contribution in [2.75, 3.05) is 13.7 Å². The lowest BCUT2D eigenvalue weighted by Gasteiger charge is -2.13. The highest BCUT2D eigenvalue weighted by Gasteiger charge is 2.20. The van der Waals surface area contributed by atoms with E-state index < -0.39 is 0 Å². The molecular weight excluding hydrogens is 266 g/mol. The predicted molar refractivity (Wildman–Crippen MR) is 80.0 cm³/mol. The Hall–Kier alpha value is -2.63. The second-order valence-corrected chi connectivity index (χ2v) is 5.06. The van der Waals surface area contributed by atoms with E-state index in [-0.39, 0.29) is 0 Å². The molecule has 106 valence electrons. The summed E-state index contributed by atoms with van der Waals surface area (Å²) in [6.07, 6.45) is 4.21. The number of nitrogens with one attached hydrogen (secondary N) is 1. The molecule has 0 unspecified atom stereocenters. The number of benzene rings is 1. The van der Waals surface area contributed by atoms with Crippen LogP contribution in [0.3, 0.4) is 0 Å². The summed E-state index contributed by atoms with van der Waals surface area (Å²) < 4.78 is 7.09. The van der Waals surface area contributed by atoms with Gasteiger partial charge in [-0.15, -0.1) is 0 Å². The van der Waals surface area contributed by atoms with Crippen molar-refractivity contribution in [2.45, 2.75) is 13.0 Å². The van der Waals surface area contributed by atoms with Gasteiger partial charge < -0.3 is 9.72 Å². The highest BCUT2D eigenvalue weighted by atomic mass is 16.5. The van der Waals surface area contributed by atoms with Gasteiger partial charge >= 0.3 is 0 Å². The lowest BCUT2D eigenvalue weighted by atomic mass is 10.0. The Bertz CT molecular complexity index is 816. The van der Waals surface area contributed by atoms with Crippen LogP contribution in [0.25, 0.3) is 10.9 Å². The summed E-state index contributed by atoms with van der Waals surface area (Å²) in [5.41, 5.74) is 4.56. The first-order chi connectivity index (χ1) is 10.3. The molecule has 0 saturated heterocycles. The average Bonchev–Trinajstić information content (AvgIpc) is 3.14. The smallest absolute Gasteiger partial charge is 0.137 e. The maximum absolute atomic E-state index is 5.29. The third kappa shape index (κ3) is 1.99. The Balaban J connectivity index is 1.79. The quantitative estimate of drug-likeness (QED) is 0.796. The molecule has 0 bridgehead atoms. The molecule has 6 nitrogen and oxygen atoms in total. The number of methoxy groups -OCH3 is 1. The number of fused-ring (bicyclic) bond motifs is 3. The summed E-state index contributed by atoms with van der Waals surface area (Å²) in [7, 11) is 1.68. The summed E-state index contributed by atoms with van der Waals surface area (Å²) in [6.45, 7) is 1.45. The predicted octanol–water partition coefficient (Wildman–Crippen LogP) is 1.81. The van der Waals surface area contributed by atoms with E-state index in [1.807, 2.05) is 12.1 Å². The standard InChI is InChI=1S/C15H15N5O/c1-21-10-2-3-11-12-4-5-17-14(7-20-9-16-8-18-20)15(12)19-13(11)6-10/h2-3,6,8-9,19H,4-5,7H2,1H3. The Morgan fingerprint density at radius 3 is 3.14 bits per heavy atom.